The van der Waals surface area contributed by atoms with Crippen molar-refractivity contribution < 1.29 is 0 Å². The summed E-state index contributed by atoms with van der Waals surface area (Å²) in [7, 11) is 0. The number of hydrogen-bond acceptors (Lipinski definition) is 3. The fourth-order valence-electron chi connectivity index (χ4n) is 2.37. The van der Waals surface area contributed by atoms with Crippen LogP contribution in [0.25, 0.3) is 0 Å². The van der Waals surface area contributed by atoms with Crippen molar-refractivity contribution in [1.29, 1.82) is 5.26 Å². The van der Waals surface area contributed by atoms with E-state index in [4.69, 9.17) is 11.0 Å². The van der Waals surface area contributed by atoms with Crippen LogP contribution in [0.1, 0.15) is 24.5 Å². The van der Waals surface area contributed by atoms with Crippen molar-refractivity contribution in [2.45, 2.75) is 26.3 Å². The molecule has 17 heavy (non-hydrogen) atoms. The van der Waals surface area contributed by atoms with Crippen molar-refractivity contribution in [2.75, 3.05) is 18.0 Å². The Labute approximate surface area is 103 Å². The zero-order valence-electron chi connectivity index (χ0n) is 10.5. The fraction of sp³-hybridized carbons (Fsp3) is 0.500. The van der Waals surface area contributed by atoms with Crippen LogP contribution < -0.4 is 10.6 Å². The second kappa shape index (κ2) is 4.77. The molecular formula is C14H19N3. The second-order valence-corrected chi connectivity index (χ2v) is 4.99. The highest BCUT2D eigenvalue weighted by Crippen LogP contribution is 2.24. The molecule has 1 aromatic carbocycles. The van der Waals surface area contributed by atoms with E-state index in [0.29, 0.717) is 12.0 Å². The predicted octanol–water partition coefficient (Wildman–Crippen LogP) is 2.04. The predicted molar refractivity (Wildman–Crippen MR) is 69.9 cm³/mol. The molecule has 1 fully saturated rings. The largest absolute Gasteiger partial charge is 0.371 e. The van der Waals surface area contributed by atoms with Gasteiger partial charge in [-0.2, -0.15) is 5.26 Å². The fourth-order valence-corrected chi connectivity index (χ4v) is 2.37. The molecule has 2 N–H and O–H groups in total. The number of benzene rings is 1. The molecule has 2 atom stereocenters. The van der Waals surface area contributed by atoms with Crippen molar-refractivity contribution in [3.05, 3.63) is 29.3 Å². The van der Waals surface area contributed by atoms with E-state index >= 15 is 0 Å². The smallest absolute Gasteiger partial charge is 0.0994 e. The maximum absolute atomic E-state index is 8.92. The SMILES string of the molecule is Cc1cc(N2CCC(N)C(C)C2)ccc1C#N. The van der Waals surface area contributed by atoms with Crippen LogP contribution in [0, 0.1) is 24.2 Å². The van der Waals surface area contributed by atoms with Gasteiger partial charge >= 0.3 is 0 Å². The first-order valence-electron chi connectivity index (χ1n) is 6.13. The molecular weight excluding hydrogens is 210 g/mol. The lowest BCUT2D eigenvalue weighted by molar-refractivity contribution is 0.383. The first-order valence-corrected chi connectivity index (χ1v) is 6.13. The van der Waals surface area contributed by atoms with E-state index in [1.807, 2.05) is 19.1 Å². The normalized spacial score (nSPS) is 24.5. The Morgan fingerprint density at radius 2 is 2.24 bits per heavy atom. The third-order valence-electron chi connectivity index (χ3n) is 3.67. The first kappa shape index (κ1) is 11.9. The van der Waals surface area contributed by atoms with E-state index in [2.05, 4.69) is 24.0 Å². The third-order valence-corrected chi connectivity index (χ3v) is 3.67. The van der Waals surface area contributed by atoms with Crippen LogP contribution in [0.2, 0.25) is 0 Å². The van der Waals surface area contributed by atoms with Crippen molar-refractivity contribution in [1.82, 2.24) is 0 Å². The summed E-state index contributed by atoms with van der Waals surface area (Å²) in [4.78, 5) is 2.36. The molecule has 0 radical (unpaired) electrons. The minimum atomic E-state index is 0.325. The molecule has 3 nitrogen and oxygen atoms in total. The van der Waals surface area contributed by atoms with Gasteiger partial charge in [0.2, 0.25) is 0 Å². The zero-order valence-corrected chi connectivity index (χ0v) is 10.5. The summed E-state index contributed by atoms with van der Waals surface area (Å²) in [5, 5.41) is 8.92. The lowest BCUT2D eigenvalue weighted by atomic mass is 9.94. The number of hydrogen-bond donors (Lipinski definition) is 1. The van der Waals surface area contributed by atoms with E-state index in [-0.39, 0.29) is 0 Å². The molecule has 1 saturated heterocycles. The highest BCUT2D eigenvalue weighted by molar-refractivity contribution is 5.53. The monoisotopic (exact) mass is 229 g/mol. The zero-order chi connectivity index (χ0) is 12.4. The highest BCUT2D eigenvalue weighted by Gasteiger charge is 2.23. The van der Waals surface area contributed by atoms with Gasteiger partial charge in [0.15, 0.2) is 0 Å². The number of aryl methyl sites for hydroxylation is 1. The Bertz CT molecular complexity index is 447. The average Bonchev–Trinajstić information content (AvgIpc) is 2.32. The molecule has 3 heteroatoms. The van der Waals surface area contributed by atoms with Crippen molar-refractivity contribution in [3.8, 4) is 6.07 Å². The van der Waals surface area contributed by atoms with Crippen LogP contribution >= 0.6 is 0 Å². The Kier molecular flexibility index (Phi) is 3.35. The van der Waals surface area contributed by atoms with Crippen molar-refractivity contribution >= 4 is 5.69 Å². The number of piperidine rings is 1. The molecule has 0 amide bonds. The van der Waals surface area contributed by atoms with Gasteiger partial charge in [-0.25, -0.2) is 0 Å². The van der Waals surface area contributed by atoms with Gasteiger partial charge in [0.25, 0.3) is 0 Å². The topological polar surface area (TPSA) is 53.0 Å². The molecule has 1 aromatic rings. The molecule has 90 valence electrons. The van der Waals surface area contributed by atoms with Crippen LogP contribution in [0.4, 0.5) is 5.69 Å². The lowest BCUT2D eigenvalue weighted by Crippen LogP contribution is -2.46. The Balaban J connectivity index is 2.18. The number of anilines is 1. The molecule has 0 bridgehead atoms. The van der Waals surface area contributed by atoms with E-state index in [9.17, 15) is 0 Å². The van der Waals surface area contributed by atoms with Crippen LogP contribution in [0.3, 0.4) is 0 Å². The van der Waals surface area contributed by atoms with E-state index < -0.39 is 0 Å². The van der Waals surface area contributed by atoms with Crippen molar-refractivity contribution in [3.63, 3.8) is 0 Å². The van der Waals surface area contributed by atoms with Gasteiger partial charge in [0.1, 0.15) is 0 Å². The van der Waals surface area contributed by atoms with Crippen LogP contribution in [0.5, 0.6) is 0 Å². The molecule has 2 unspecified atom stereocenters. The molecule has 1 aliphatic rings. The van der Waals surface area contributed by atoms with Gasteiger partial charge in [0, 0.05) is 24.8 Å². The number of rotatable bonds is 1. The second-order valence-electron chi connectivity index (χ2n) is 4.99. The summed E-state index contributed by atoms with van der Waals surface area (Å²) in [6, 6.07) is 8.57. The third kappa shape index (κ3) is 2.42. The standard InChI is InChI=1S/C14H19N3/c1-10-7-13(4-3-12(10)8-15)17-6-5-14(16)11(2)9-17/h3-4,7,11,14H,5-6,9,16H2,1-2H3. The Morgan fingerprint density at radius 1 is 1.47 bits per heavy atom. The van der Waals surface area contributed by atoms with Gasteiger partial charge in [-0.05, 0) is 43.0 Å². The highest BCUT2D eigenvalue weighted by atomic mass is 15.1. The van der Waals surface area contributed by atoms with Crippen LogP contribution in [-0.2, 0) is 0 Å². The summed E-state index contributed by atoms with van der Waals surface area (Å²) < 4.78 is 0. The Hall–Kier alpha value is -1.53. The van der Waals surface area contributed by atoms with Gasteiger partial charge < -0.3 is 10.6 Å². The van der Waals surface area contributed by atoms with E-state index in [0.717, 1.165) is 30.6 Å². The molecule has 0 aliphatic carbocycles. The minimum Gasteiger partial charge on any atom is -0.371 e. The molecule has 1 heterocycles. The number of nitrogens with zero attached hydrogens (tertiary/aromatic N) is 2. The summed E-state index contributed by atoms with van der Waals surface area (Å²) in [6.07, 6.45) is 1.04. The quantitative estimate of drug-likeness (QED) is 0.801. The van der Waals surface area contributed by atoms with E-state index in [1.54, 1.807) is 0 Å². The minimum absolute atomic E-state index is 0.325. The molecule has 2 rings (SSSR count). The Morgan fingerprint density at radius 3 is 2.82 bits per heavy atom. The van der Waals surface area contributed by atoms with Gasteiger partial charge in [0.05, 0.1) is 11.6 Å². The summed E-state index contributed by atoms with van der Waals surface area (Å²) in [6.45, 7) is 6.21. The molecule has 0 spiro atoms. The van der Waals surface area contributed by atoms with Gasteiger partial charge in [-0.15, -0.1) is 0 Å². The summed E-state index contributed by atoms with van der Waals surface area (Å²) >= 11 is 0. The summed E-state index contributed by atoms with van der Waals surface area (Å²) in [5.74, 6) is 0.527. The van der Waals surface area contributed by atoms with Crippen LogP contribution in [0.15, 0.2) is 18.2 Å². The maximum Gasteiger partial charge on any atom is 0.0994 e. The molecule has 0 saturated carbocycles. The van der Waals surface area contributed by atoms with Gasteiger partial charge in [-0.3, -0.25) is 0 Å². The average molecular weight is 229 g/mol. The van der Waals surface area contributed by atoms with Crippen LogP contribution in [-0.4, -0.2) is 19.1 Å². The number of nitrogens with two attached hydrogens (primary N) is 1. The van der Waals surface area contributed by atoms with E-state index in [1.165, 1.54) is 5.69 Å². The summed E-state index contributed by atoms with van der Waals surface area (Å²) in [5.41, 5.74) is 9.04. The van der Waals surface area contributed by atoms with Crippen molar-refractivity contribution in [2.24, 2.45) is 11.7 Å². The maximum atomic E-state index is 8.92. The molecule has 1 aliphatic heterocycles. The lowest BCUT2D eigenvalue weighted by Gasteiger charge is -2.36. The van der Waals surface area contributed by atoms with Gasteiger partial charge in [-0.1, -0.05) is 6.92 Å². The number of nitriles is 1. The first-order chi connectivity index (χ1) is 8.11. The molecule has 0 aromatic heterocycles.